The molecule has 8 heteroatoms. The van der Waals surface area contributed by atoms with E-state index in [1.165, 1.54) is 12.5 Å². The summed E-state index contributed by atoms with van der Waals surface area (Å²) < 4.78 is 15.9. The first-order chi connectivity index (χ1) is 19.2. The third-order valence-electron chi connectivity index (χ3n) is 9.93. The number of anilines is 1. The highest BCUT2D eigenvalue weighted by atomic mass is 19.1. The highest BCUT2D eigenvalue weighted by Gasteiger charge is 2.56. The zero-order valence-corrected chi connectivity index (χ0v) is 24.1. The molecule has 3 aromatic rings. The van der Waals surface area contributed by atoms with Crippen LogP contribution in [-0.4, -0.2) is 52.6 Å². The quantitative estimate of drug-likeness (QED) is 0.356. The molecule has 0 radical (unpaired) electrons. The molecule has 2 N–H and O–H groups in total. The van der Waals surface area contributed by atoms with Gasteiger partial charge in [0.15, 0.2) is 5.96 Å². The second-order valence-electron chi connectivity index (χ2n) is 12.7. The first-order valence-corrected chi connectivity index (χ1v) is 14.8. The largest absolute Gasteiger partial charge is 0.340 e. The summed E-state index contributed by atoms with van der Waals surface area (Å²) in [4.78, 5) is 25.5. The third kappa shape index (κ3) is 5.02. The van der Waals surface area contributed by atoms with E-state index in [4.69, 9.17) is 4.99 Å². The van der Waals surface area contributed by atoms with E-state index < -0.39 is 0 Å². The number of aromatic nitrogens is 2. The fraction of sp³-hybridized carbons (Fsp3) is 0.531. The van der Waals surface area contributed by atoms with Gasteiger partial charge in [0.05, 0.1) is 23.3 Å². The van der Waals surface area contributed by atoms with Crippen LogP contribution < -0.4 is 16.2 Å². The van der Waals surface area contributed by atoms with Gasteiger partial charge >= 0.3 is 0 Å². The van der Waals surface area contributed by atoms with Crippen molar-refractivity contribution in [2.45, 2.75) is 59.5 Å². The number of nitrogens with one attached hydrogen (secondary N) is 2. The van der Waals surface area contributed by atoms with Crippen molar-refractivity contribution in [2.24, 2.45) is 28.2 Å². The summed E-state index contributed by atoms with van der Waals surface area (Å²) in [5.74, 6) is 2.73. The molecule has 0 amide bonds. The first-order valence-electron chi connectivity index (χ1n) is 14.8. The molecule has 1 saturated heterocycles. The lowest BCUT2D eigenvalue weighted by atomic mass is 9.45. The van der Waals surface area contributed by atoms with Gasteiger partial charge in [-0.1, -0.05) is 32.9 Å². The average Bonchev–Trinajstić information content (AvgIpc) is 2.94. The topological polar surface area (TPSA) is 74.6 Å². The van der Waals surface area contributed by atoms with Crippen LogP contribution in [0, 0.1) is 35.9 Å². The molecule has 1 aliphatic heterocycles. The van der Waals surface area contributed by atoms with E-state index in [0.29, 0.717) is 46.8 Å². The maximum absolute atomic E-state index is 14.3. The number of fused-ring (bicyclic) bond motifs is 3. The van der Waals surface area contributed by atoms with Crippen LogP contribution in [0.2, 0.25) is 0 Å². The van der Waals surface area contributed by atoms with Crippen molar-refractivity contribution < 1.29 is 4.39 Å². The molecular weight excluding hydrogens is 503 g/mol. The molecule has 2 aromatic carbocycles. The lowest BCUT2D eigenvalue weighted by molar-refractivity contribution is -0.108. The number of halogens is 1. The van der Waals surface area contributed by atoms with Gasteiger partial charge in [0, 0.05) is 38.4 Å². The molecule has 4 fully saturated rings. The van der Waals surface area contributed by atoms with Crippen LogP contribution in [0.1, 0.15) is 44.7 Å². The van der Waals surface area contributed by atoms with E-state index in [9.17, 15) is 9.18 Å². The molecule has 2 bridgehead atoms. The van der Waals surface area contributed by atoms with Gasteiger partial charge < -0.3 is 15.5 Å². The molecule has 0 spiro atoms. The number of piperazine rings is 1. The molecule has 7 nitrogen and oxygen atoms in total. The number of nitrogens with zero attached hydrogens (tertiary/aromatic N) is 4. The molecule has 3 aliphatic carbocycles. The predicted molar refractivity (Wildman–Crippen MR) is 159 cm³/mol. The van der Waals surface area contributed by atoms with Crippen LogP contribution in [0.25, 0.3) is 10.9 Å². The molecule has 2 heterocycles. The molecule has 40 heavy (non-hydrogen) atoms. The van der Waals surface area contributed by atoms with E-state index in [0.717, 1.165) is 61.6 Å². The van der Waals surface area contributed by atoms with Crippen LogP contribution in [0.15, 0.2) is 52.5 Å². The summed E-state index contributed by atoms with van der Waals surface area (Å²) in [6.07, 6.45) is 4.49. The minimum absolute atomic E-state index is 0.113. The Hall–Kier alpha value is -3.26. The Morgan fingerprint density at radius 1 is 1.18 bits per heavy atom. The Balaban J connectivity index is 1.22. The Morgan fingerprint density at radius 2 is 1.98 bits per heavy atom. The van der Waals surface area contributed by atoms with Crippen LogP contribution >= 0.6 is 0 Å². The SMILES string of the molecule is Cc1ccc(CCn2cnc3cc(NC(=N[C@H]4C[C@H]5C[C@@H]([C@@H]4C)C5(C)C)N4CCNCC4)ccc3c2=O)c(F)c1. The number of hydrogen-bond acceptors (Lipinski definition) is 4. The standard InChI is InChI=1S/C32H41FN6O/c1-20-5-6-22(27(33)15-20)9-12-39-19-35-29-18-24(7-8-25(29)30(39)40)36-31(38-13-10-34-11-14-38)37-28-17-23-16-26(21(28)2)32(23,3)4/h5-8,15,18-19,21,23,26,28,34H,9-14,16-17H2,1-4H3,(H,36,37)/t21-,23+,26-,28-/m0/s1. The van der Waals surface area contributed by atoms with E-state index in [2.05, 4.69) is 41.3 Å². The van der Waals surface area contributed by atoms with Crippen molar-refractivity contribution in [3.63, 3.8) is 0 Å². The second kappa shape index (κ2) is 10.6. The van der Waals surface area contributed by atoms with E-state index >= 15 is 0 Å². The fourth-order valence-corrected chi connectivity index (χ4v) is 7.14. The summed E-state index contributed by atoms with van der Waals surface area (Å²) in [5.41, 5.74) is 3.32. The molecule has 3 saturated carbocycles. The number of hydrogen-bond donors (Lipinski definition) is 2. The zero-order chi connectivity index (χ0) is 28.0. The van der Waals surface area contributed by atoms with Gasteiger partial charge in [0.1, 0.15) is 5.82 Å². The minimum Gasteiger partial charge on any atom is -0.340 e. The van der Waals surface area contributed by atoms with Crippen molar-refractivity contribution in [3.05, 3.63) is 70.0 Å². The number of guanidine groups is 1. The van der Waals surface area contributed by atoms with Gasteiger partial charge in [-0.3, -0.25) is 9.36 Å². The summed E-state index contributed by atoms with van der Waals surface area (Å²) >= 11 is 0. The fourth-order valence-electron chi connectivity index (χ4n) is 7.14. The van der Waals surface area contributed by atoms with Crippen LogP contribution in [0.4, 0.5) is 10.1 Å². The maximum atomic E-state index is 14.3. The van der Waals surface area contributed by atoms with Crippen molar-refractivity contribution >= 4 is 22.5 Å². The highest BCUT2D eigenvalue weighted by molar-refractivity contribution is 5.96. The monoisotopic (exact) mass is 544 g/mol. The molecule has 4 atom stereocenters. The van der Waals surface area contributed by atoms with E-state index in [1.807, 2.05) is 31.2 Å². The normalized spacial score (nSPS) is 26.0. The molecule has 212 valence electrons. The van der Waals surface area contributed by atoms with E-state index in [-0.39, 0.29) is 11.4 Å². The predicted octanol–water partition coefficient (Wildman–Crippen LogP) is 4.83. The van der Waals surface area contributed by atoms with E-state index in [1.54, 1.807) is 17.0 Å². The molecule has 4 aliphatic rings. The second-order valence-corrected chi connectivity index (χ2v) is 12.7. The van der Waals surface area contributed by atoms with Gasteiger partial charge in [-0.15, -0.1) is 0 Å². The van der Waals surface area contributed by atoms with Gasteiger partial charge in [-0.2, -0.15) is 0 Å². The number of aliphatic imine (C=N–C) groups is 1. The van der Waals surface area contributed by atoms with Gasteiger partial charge in [0.25, 0.3) is 5.56 Å². The summed E-state index contributed by atoms with van der Waals surface area (Å²) in [5, 5.41) is 7.61. The van der Waals surface area contributed by atoms with Crippen molar-refractivity contribution in [1.29, 1.82) is 0 Å². The third-order valence-corrected chi connectivity index (χ3v) is 9.93. The molecular formula is C32H41FN6O. The Morgan fingerprint density at radius 3 is 2.70 bits per heavy atom. The van der Waals surface area contributed by atoms with Gasteiger partial charge in [0.2, 0.25) is 0 Å². The minimum atomic E-state index is -0.233. The summed E-state index contributed by atoms with van der Waals surface area (Å²) in [7, 11) is 0. The van der Waals surface area contributed by atoms with Crippen molar-refractivity contribution in [3.8, 4) is 0 Å². The van der Waals surface area contributed by atoms with Crippen molar-refractivity contribution in [1.82, 2.24) is 19.8 Å². The van der Waals surface area contributed by atoms with Gasteiger partial charge in [-0.05, 0) is 84.7 Å². The number of benzene rings is 2. The Kier molecular flexibility index (Phi) is 7.15. The Bertz CT molecular complexity index is 1490. The molecule has 7 rings (SSSR count). The van der Waals surface area contributed by atoms with Gasteiger partial charge in [-0.25, -0.2) is 14.4 Å². The number of aryl methyl sites for hydroxylation is 3. The van der Waals surface area contributed by atoms with Crippen LogP contribution in [0.5, 0.6) is 0 Å². The highest BCUT2D eigenvalue weighted by Crippen LogP contribution is 2.61. The first kappa shape index (κ1) is 26.9. The molecule has 0 unspecified atom stereocenters. The molecule has 1 aromatic heterocycles. The Labute approximate surface area is 235 Å². The van der Waals surface area contributed by atoms with Crippen LogP contribution in [-0.2, 0) is 13.0 Å². The average molecular weight is 545 g/mol. The smallest absolute Gasteiger partial charge is 0.261 e. The summed E-state index contributed by atoms with van der Waals surface area (Å²) in [6, 6.07) is 11.2. The number of rotatable bonds is 5. The maximum Gasteiger partial charge on any atom is 0.261 e. The zero-order valence-electron chi connectivity index (χ0n) is 24.1. The lowest BCUT2D eigenvalue weighted by Crippen LogP contribution is -2.57. The lowest BCUT2D eigenvalue weighted by Gasteiger charge is -2.61. The van der Waals surface area contributed by atoms with Crippen molar-refractivity contribution in [2.75, 3.05) is 31.5 Å². The van der Waals surface area contributed by atoms with Crippen LogP contribution in [0.3, 0.4) is 0 Å². The summed E-state index contributed by atoms with van der Waals surface area (Å²) in [6.45, 7) is 13.2.